The highest BCUT2D eigenvalue weighted by Crippen LogP contribution is 2.29. The van der Waals surface area contributed by atoms with E-state index in [0.29, 0.717) is 17.7 Å². The third-order valence-electron chi connectivity index (χ3n) is 4.59. The van der Waals surface area contributed by atoms with Crippen LogP contribution in [0.2, 0.25) is 0 Å². The van der Waals surface area contributed by atoms with Gasteiger partial charge in [0.2, 0.25) is 10.0 Å². The van der Waals surface area contributed by atoms with E-state index in [1.807, 2.05) is 62.3 Å². The van der Waals surface area contributed by atoms with Gasteiger partial charge in [-0.2, -0.15) is 4.72 Å². The minimum absolute atomic E-state index is 0.112. The lowest BCUT2D eigenvalue weighted by molar-refractivity contribution is -0.0804. The molecule has 0 heterocycles. The Kier molecular flexibility index (Phi) is 10.8. The van der Waals surface area contributed by atoms with E-state index in [9.17, 15) is 8.42 Å². The molecular weight excluding hydrogens is 496 g/mol. The van der Waals surface area contributed by atoms with Gasteiger partial charge in [0, 0.05) is 31.4 Å². The van der Waals surface area contributed by atoms with Gasteiger partial charge in [-0.15, -0.1) is 0 Å². The van der Waals surface area contributed by atoms with Crippen molar-refractivity contribution in [3.8, 4) is 0 Å². The van der Waals surface area contributed by atoms with Crippen molar-refractivity contribution >= 4 is 31.6 Å². The first-order chi connectivity index (χ1) is 15.2. The number of anilines is 1. The lowest BCUT2D eigenvalue weighted by Gasteiger charge is -2.21. The van der Waals surface area contributed by atoms with Crippen LogP contribution in [-0.2, 0) is 24.2 Å². The van der Waals surface area contributed by atoms with Crippen LogP contribution in [0.1, 0.15) is 18.5 Å². The van der Waals surface area contributed by atoms with Crippen LogP contribution in [0.3, 0.4) is 0 Å². The Hall–Kier alpha value is -1.75. The zero-order valence-electron chi connectivity index (χ0n) is 18.8. The first kappa shape index (κ1) is 26.5. The lowest BCUT2D eigenvalue weighted by atomic mass is 10.1. The molecule has 7 nitrogen and oxygen atoms in total. The average Bonchev–Trinajstić information content (AvgIpc) is 2.78. The number of benzene rings is 2. The highest BCUT2D eigenvalue weighted by atomic mass is 79.9. The van der Waals surface area contributed by atoms with Crippen molar-refractivity contribution in [3.05, 3.63) is 70.7 Å². The summed E-state index contributed by atoms with van der Waals surface area (Å²) in [5, 5.41) is 0. The quantitative estimate of drug-likeness (QED) is 0.313. The van der Waals surface area contributed by atoms with E-state index in [2.05, 4.69) is 20.7 Å². The summed E-state index contributed by atoms with van der Waals surface area (Å²) in [6.07, 6.45) is 1.51. The van der Waals surface area contributed by atoms with Crippen molar-refractivity contribution in [1.29, 1.82) is 0 Å². The van der Waals surface area contributed by atoms with Crippen LogP contribution >= 0.6 is 15.9 Å². The second-order valence-corrected chi connectivity index (χ2v) is 9.93. The number of hydrogen-bond acceptors (Lipinski definition) is 6. The molecule has 0 fully saturated rings. The fourth-order valence-electron chi connectivity index (χ4n) is 2.80. The number of nitrogens with zero attached hydrogens (tertiary/aromatic N) is 1. The maximum absolute atomic E-state index is 13.1. The molecule has 0 aromatic heterocycles. The summed E-state index contributed by atoms with van der Waals surface area (Å²) in [5.41, 5.74) is 1.72. The molecule has 2 aromatic rings. The minimum atomic E-state index is -3.78. The van der Waals surface area contributed by atoms with Crippen molar-refractivity contribution in [1.82, 2.24) is 4.72 Å². The molecule has 9 heteroatoms. The van der Waals surface area contributed by atoms with Crippen LogP contribution in [0.5, 0.6) is 0 Å². The first-order valence-electron chi connectivity index (χ1n) is 10.1. The van der Waals surface area contributed by atoms with Gasteiger partial charge in [0.05, 0.1) is 30.3 Å². The molecule has 0 bridgehead atoms. The molecule has 0 saturated carbocycles. The molecule has 0 spiro atoms. The molecule has 0 saturated heterocycles. The summed E-state index contributed by atoms with van der Waals surface area (Å²) in [5.74, 6) is 0. The monoisotopic (exact) mass is 526 g/mol. The molecule has 0 aliphatic carbocycles. The molecule has 0 aliphatic heterocycles. The van der Waals surface area contributed by atoms with E-state index in [1.165, 1.54) is 0 Å². The summed E-state index contributed by atoms with van der Waals surface area (Å²) in [7, 11) is 1.64. The summed E-state index contributed by atoms with van der Waals surface area (Å²) < 4.78 is 45.6. The van der Waals surface area contributed by atoms with E-state index in [-0.39, 0.29) is 17.8 Å². The first-order valence-corrected chi connectivity index (χ1v) is 12.4. The number of ether oxygens (including phenoxy) is 3. The predicted octanol–water partition coefficient (Wildman–Crippen LogP) is 4.08. The van der Waals surface area contributed by atoms with Gasteiger partial charge in [0.25, 0.3) is 0 Å². The molecule has 2 rings (SSSR count). The van der Waals surface area contributed by atoms with Gasteiger partial charge >= 0.3 is 0 Å². The molecule has 0 radical (unpaired) electrons. The van der Waals surface area contributed by atoms with Gasteiger partial charge in [0.1, 0.15) is 6.79 Å². The third-order valence-corrected chi connectivity index (χ3v) is 6.75. The zero-order valence-corrected chi connectivity index (χ0v) is 21.2. The van der Waals surface area contributed by atoms with Crippen molar-refractivity contribution in [2.24, 2.45) is 0 Å². The number of sulfonamides is 1. The second kappa shape index (κ2) is 13.1. The van der Waals surface area contributed by atoms with Crippen LogP contribution in [0.4, 0.5) is 5.69 Å². The van der Waals surface area contributed by atoms with Crippen molar-refractivity contribution in [2.75, 3.05) is 46.1 Å². The molecule has 0 unspecified atom stereocenters. The number of nitrogens with one attached hydrogen (secondary N) is 1. The van der Waals surface area contributed by atoms with Crippen LogP contribution in [0.25, 0.3) is 0 Å². The van der Waals surface area contributed by atoms with Gasteiger partial charge in [-0.25, -0.2) is 8.42 Å². The molecule has 2 aromatic carbocycles. The standard InChI is InChI=1S/C23H31BrN2O5S/c1-18(31-17-30-15-14-29-4)16-22(24)23(19-8-6-5-7-9-19)25-32(27,28)21-12-10-20(11-13-21)26(2)3/h5-13,16,18,23,25H,14-15,17H2,1-4H3/b22-16+/t18-,23-/m0/s1. The van der Waals surface area contributed by atoms with E-state index in [0.717, 1.165) is 11.3 Å². The van der Waals surface area contributed by atoms with Crippen molar-refractivity contribution < 1.29 is 22.6 Å². The molecule has 176 valence electrons. The molecule has 32 heavy (non-hydrogen) atoms. The summed E-state index contributed by atoms with van der Waals surface area (Å²) in [6.45, 7) is 2.90. The average molecular weight is 527 g/mol. The smallest absolute Gasteiger partial charge is 0.241 e. The van der Waals surface area contributed by atoms with E-state index in [4.69, 9.17) is 14.2 Å². The Morgan fingerprint density at radius 3 is 2.34 bits per heavy atom. The number of methoxy groups -OCH3 is 1. The van der Waals surface area contributed by atoms with Crippen LogP contribution in [-0.4, -0.2) is 55.7 Å². The van der Waals surface area contributed by atoms with Crippen LogP contribution < -0.4 is 9.62 Å². The summed E-state index contributed by atoms with van der Waals surface area (Å²) in [6, 6.07) is 15.5. The Balaban J connectivity index is 2.20. The maximum atomic E-state index is 13.1. The number of hydrogen-bond donors (Lipinski definition) is 1. The Morgan fingerprint density at radius 1 is 1.09 bits per heavy atom. The molecular formula is C23H31BrN2O5S. The van der Waals surface area contributed by atoms with Gasteiger partial charge in [-0.05, 0) is 42.8 Å². The largest absolute Gasteiger partial charge is 0.382 e. The maximum Gasteiger partial charge on any atom is 0.241 e. The predicted molar refractivity (Wildman–Crippen MR) is 131 cm³/mol. The Morgan fingerprint density at radius 2 is 1.75 bits per heavy atom. The fourth-order valence-corrected chi connectivity index (χ4v) is 4.91. The molecule has 2 atom stereocenters. The normalized spacial score (nSPS) is 14.2. The van der Waals surface area contributed by atoms with Gasteiger partial charge in [-0.1, -0.05) is 46.3 Å². The van der Waals surface area contributed by atoms with E-state index in [1.54, 1.807) is 31.4 Å². The lowest BCUT2D eigenvalue weighted by Crippen LogP contribution is -2.29. The fraction of sp³-hybridized carbons (Fsp3) is 0.391. The molecule has 0 amide bonds. The van der Waals surface area contributed by atoms with Crippen LogP contribution in [0.15, 0.2) is 70.1 Å². The Labute approximate surface area is 199 Å². The highest BCUT2D eigenvalue weighted by molar-refractivity contribution is 9.11. The number of halogens is 1. The highest BCUT2D eigenvalue weighted by Gasteiger charge is 2.24. The Bertz CT molecular complexity index is 950. The van der Waals surface area contributed by atoms with Gasteiger partial charge in [0.15, 0.2) is 0 Å². The SMILES string of the molecule is COCCOCO[C@@H](C)/C=C(/Br)[C@@H](NS(=O)(=O)c1ccc(N(C)C)cc1)c1ccccc1. The topological polar surface area (TPSA) is 77.1 Å². The van der Waals surface area contributed by atoms with Gasteiger partial charge < -0.3 is 19.1 Å². The van der Waals surface area contributed by atoms with E-state index >= 15 is 0 Å². The summed E-state index contributed by atoms with van der Waals surface area (Å²) in [4.78, 5) is 2.11. The van der Waals surface area contributed by atoms with Crippen molar-refractivity contribution in [2.45, 2.75) is 24.0 Å². The molecule has 0 aliphatic rings. The third kappa shape index (κ3) is 8.31. The van der Waals surface area contributed by atoms with Gasteiger partial charge in [-0.3, -0.25) is 0 Å². The number of rotatable bonds is 13. The molecule has 1 N–H and O–H groups in total. The van der Waals surface area contributed by atoms with E-state index < -0.39 is 16.1 Å². The minimum Gasteiger partial charge on any atom is -0.382 e. The van der Waals surface area contributed by atoms with Crippen molar-refractivity contribution in [3.63, 3.8) is 0 Å². The second-order valence-electron chi connectivity index (χ2n) is 7.30. The van der Waals surface area contributed by atoms with Crippen LogP contribution in [0, 0.1) is 0 Å². The zero-order chi connectivity index (χ0) is 23.6. The summed E-state index contributed by atoms with van der Waals surface area (Å²) >= 11 is 3.56.